The number of benzene rings is 2. The molecule has 3 fully saturated rings. The van der Waals surface area contributed by atoms with Crippen molar-refractivity contribution in [3.05, 3.63) is 113 Å². The van der Waals surface area contributed by atoms with E-state index in [1.165, 1.54) is 47.7 Å². The maximum absolute atomic E-state index is 13.4. The number of piperazine rings is 2. The summed E-state index contributed by atoms with van der Waals surface area (Å²) in [6, 6.07) is 22.2. The van der Waals surface area contributed by atoms with Gasteiger partial charge < -0.3 is 39.2 Å². The highest BCUT2D eigenvalue weighted by Gasteiger charge is 2.24. The van der Waals surface area contributed by atoms with Gasteiger partial charge in [-0.1, -0.05) is 49.2 Å². The van der Waals surface area contributed by atoms with E-state index < -0.39 is 5.60 Å². The van der Waals surface area contributed by atoms with Gasteiger partial charge in [0, 0.05) is 83.0 Å². The summed E-state index contributed by atoms with van der Waals surface area (Å²) < 4.78 is 26.5. The van der Waals surface area contributed by atoms with Crippen molar-refractivity contribution in [2.45, 2.75) is 77.4 Å². The third-order valence-electron chi connectivity index (χ3n) is 13.1. The Bertz CT molecular complexity index is 2470. The van der Waals surface area contributed by atoms with Crippen molar-refractivity contribution in [1.82, 2.24) is 39.0 Å². The zero-order valence-corrected chi connectivity index (χ0v) is 40.5. The highest BCUT2D eigenvalue weighted by atomic mass is 16.5. The standard InChI is InChI=1S/C52H70N10O7/c1-4-21-61-50(64)45-37-53-51(56-49(45)62(61)47-11-7-10-46(55-47)52(2,3)65)54-42-16-18-43(19-17-42)59-26-28-60(29-27-59)48(63)20-31-66-33-35-68-36-34-67-32-30-57-22-24-58(25-23-57)38-40-12-14-41(15-13-40)39-69-44-8-5-6-9-44/h4,7,10-19,37,44,65H,1,5-6,8-9,20-36,38-39H2,2-3H3,(H,53,54,56). The fourth-order valence-corrected chi connectivity index (χ4v) is 9.08. The molecule has 370 valence electrons. The minimum Gasteiger partial charge on any atom is -0.384 e. The SMILES string of the molecule is C=CCn1c(=O)c2cnc(Nc3ccc(N4CCN(C(=O)CCOCCOCCOCCN5CCN(Cc6ccc(COC7CCCC7)cc6)CC5)CC4)cc3)nc2n1-c1cccc(C(C)(C)O)n1. The second-order valence-corrected chi connectivity index (χ2v) is 18.6. The summed E-state index contributed by atoms with van der Waals surface area (Å²) in [6.07, 6.45) is 8.97. The molecule has 0 unspecified atom stereocenters. The first-order valence-corrected chi connectivity index (χ1v) is 24.7. The van der Waals surface area contributed by atoms with Crippen LogP contribution in [0.3, 0.4) is 0 Å². The van der Waals surface area contributed by atoms with Gasteiger partial charge in [-0.05, 0) is 74.2 Å². The lowest BCUT2D eigenvalue weighted by atomic mass is 10.1. The smallest absolute Gasteiger partial charge is 0.278 e. The topological polar surface area (TPSA) is 165 Å². The first kappa shape index (κ1) is 49.9. The molecule has 0 bridgehead atoms. The third kappa shape index (κ3) is 13.8. The van der Waals surface area contributed by atoms with E-state index in [9.17, 15) is 14.7 Å². The van der Waals surface area contributed by atoms with Crippen LogP contribution < -0.4 is 15.8 Å². The predicted octanol–water partition coefficient (Wildman–Crippen LogP) is 5.50. The largest absolute Gasteiger partial charge is 0.384 e. The Kier molecular flexibility index (Phi) is 17.6. The van der Waals surface area contributed by atoms with Crippen LogP contribution in [0.25, 0.3) is 16.9 Å². The van der Waals surface area contributed by atoms with Crippen molar-refractivity contribution in [2.24, 2.45) is 0 Å². The summed E-state index contributed by atoms with van der Waals surface area (Å²) in [7, 11) is 0. The van der Waals surface area contributed by atoms with Crippen LogP contribution >= 0.6 is 0 Å². The molecule has 3 aromatic heterocycles. The van der Waals surface area contributed by atoms with E-state index in [1.807, 2.05) is 29.2 Å². The Morgan fingerprint density at radius 3 is 2.17 bits per heavy atom. The first-order chi connectivity index (χ1) is 33.6. The molecule has 2 aliphatic heterocycles. The van der Waals surface area contributed by atoms with Gasteiger partial charge in [-0.25, -0.2) is 19.3 Å². The van der Waals surface area contributed by atoms with Gasteiger partial charge in [-0.3, -0.25) is 19.4 Å². The van der Waals surface area contributed by atoms with Crippen LogP contribution in [0.5, 0.6) is 0 Å². The monoisotopic (exact) mass is 947 g/mol. The van der Waals surface area contributed by atoms with Crippen molar-refractivity contribution >= 4 is 34.3 Å². The fraction of sp³-hybridized carbons (Fsp3) is 0.519. The molecule has 1 amide bonds. The molecular weight excluding hydrogens is 877 g/mol. The Hall–Kier alpha value is -5.53. The number of carbonyl (C=O) groups excluding carboxylic acids is 1. The number of nitrogens with one attached hydrogen (secondary N) is 1. The highest BCUT2D eigenvalue weighted by Crippen LogP contribution is 2.25. The number of carbonyl (C=O) groups is 1. The van der Waals surface area contributed by atoms with Gasteiger partial charge in [-0.15, -0.1) is 6.58 Å². The van der Waals surface area contributed by atoms with E-state index in [2.05, 4.69) is 60.8 Å². The Morgan fingerprint density at radius 1 is 0.812 bits per heavy atom. The number of amides is 1. The normalized spacial score (nSPS) is 16.4. The van der Waals surface area contributed by atoms with E-state index in [1.54, 1.807) is 42.8 Å². The number of aliphatic hydroxyl groups is 1. The molecule has 0 spiro atoms. The summed E-state index contributed by atoms with van der Waals surface area (Å²) >= 11 is 0. The zero-order chi connectivity index (χ0) is 48.0. The number of anilines is 3. The average molecular weight is 947 g/mol. The van der Waals surface area contributed by atoms with Crippen LogP contribution in [0.4, 0.5) is 17.3 Å². The number of fused-ring (bicyclic) bond motifs is 1. The minimum absolute atomic E-state index is 0.0956. The van der Waals surface area contributed by atoms with E-state index in [0.717, 1.165) is 70.3 Å². The molecule has 17 heteroatoms. The summed E-state index contributed by atoms with van der Waals surface area (Å²) in [6.45, 7) is 20.0. The molecule has 0 atom stereocenters. The summed E-state index contributed by atoms with van der Waals surface area (Å²) in [5, 5.41) is 14.2. The minimum atomic E-state index is -1.18. The fourth-order valence-electron chi connectivity index (χ4n) is 9.08. The van der Waals surface area contributed by atoms with E-state index >= 15 is 0 Å². The van der Waals surface area contributed by atoms with Crippen LogP contribution in [0, 0.1) is 0 Å². The number of allylic oxidation sites excluding steroid dienone is 1. The molecule has 2 N–H and O–H groups in total. The molecule has 5 aromatic rings. The highest BCUT2D eigenvalue weighted by molar-refractivity contribution is 5.77. The lowest BCUT2D eigenvalue weighted by Crippen LogP contribution is -2.49. The molecule has 3 aliphatic rings. The van der Waals surface area contributed by atoms with Gasteiger partial charge in [-0.2, -0.15) is 4.98 Å². The number of hydrogen-bond donors (Lipinski definition) is 2. The van der Waals surface area contributed by atoms with Crippen LogP contribution in [0.1, 0.15) is 62.8 Å². The second kappa shape index (κ2) is 24.3. The lowest BCUT2D eigenvalue weighted by molar-refractivity contribution is -0.132. The second-order valence-electron chi connectivity index (χ2n) is 18.6. The molecule has 2 aromatic carbocycles. The lowest BCUT2D eigenvalue weighted by Gasteiger charge is -2.36. The molecule has 1 saturated carbocycles. The van der Waals surface area contributed by atoms with Crippen molar-refractivity contribution in [3.63, 3.8) is 0 Å². The Balaban J connectivity index is 0.664. The van der Waals surface area contributed by atoms with Gasteiger partial charge in [0.25, 0.3) is 5.56 Å². The Morgan fingerprint density at radius 2 is 1.48 bits per heavy atom. The molecule has 2 saturated heterocycles. The van der Waals surface area contributed by atoms with Gasteiger partial charge in [0.05, 0.1) is 71.0 Å². The molecule has 1 aliphatic carbocycles. The van der Waals surface area contributed by atoms with Gasteiger partial charge in [0.1, 0.15) is 11.0 Å². The van der Waals surface area contributed by atoms with Crippen LogP contribution in [-0.2, 0) is 49.0 Å². The first-order valence-electron chi connectivity index (χ1n) is 24.7. The number of rotatable bonds is 24. The molecule has 0 radical (unpaired) electrons. The number of aromatic nitrogens is 5. The third-order valence-corrected chi connectivity index (χ3v) is 13.1. The zero-order valence-electron chi connectivity index (χ0n) is 40.5. The maximum atomic E-state index is 13.4. The van der Waals surface area contributed by atoms with Gasteiger partial charge in [0.2, 0.25) is 11.9 Å². The number of pyridine rings is 1. The average Bonchev–Trinajstić information content (AvgIpc) is 3.99. The predicted molar refractivity (Wildman–Crippen MR) is 267 cm³/mol. The van der Waals surface area contributed by atoms with E-state index in [-0.39, 0.29) is 18.0 Å². The van der Waals surface area contributed by atoms with Gasteiger partial charge in [0.15, 0.2) is 11.5 Å². The quantitative estimate of drug-likeness (QED) is 0.0589. The van der Waals surface area contributed by atoms with E-state index in [0.29, 0.717) is 93.7 Å². The summed E-state index contributed by atoms with van der Waals surface area (Å²) in [5.41, 5.74) is 3.84. The number of hydrogen-bond acceptors (Lipinski definition) is 14. The number of nitrogens with zero attached hydrogens (tertiary/aromatic N) is 9. The molecule has 17 nitrogen and oxygen atoms in total. The number of ether oxygens (including phenoxy) is 4. The van der Waals surface area contributed by atoms with Crippen molar-refractivity contribution < 1.29 is 28.8 Å². The van der Waals surface area contributed by atoms with Crippen molar-refractivity contribution in [1.29, 1.82) is 0 Å². The maximum Gasteiger partial charge on any atom is 0.278 e. The molecule has 5 heterocycles. The summed E-state index contributed by atoms with van der Waals surface area (Å²) in [5.74, 6) is 0.845. The Labute approximate surface area is 405 Å². The van der Waals surface area contributed by atoms with Crippen LogP contribution in [0.15, 0.2) is 90.4 Å². The molecular formula is C52H70N10O7. The van der Waals surface area contributed by atoms with Crippen LogP contribution in [0.2, 0.25) is 0 Å². The van der Waals surface area contributed by atoms with E-state index in [4.69, 9.17) is 23.9 Å². The van der Waals surface area contributed by atoms with Crippen molar-refractivity contribution in [2.75, 3.05) is 109 Å². The van der Waals surface area contributed by atoms with Crippen molar-refractivity contribution in [3.8, 4) is 5.82 Å². The molecule has 8 rings (SSSR count). The van der Waals surface area contributed by atoms with Gasteiger partial charge >= 0.3 is 0 Å². The molecule has 69 heavy (non-hydrogen) atoms. The summed E-state index contributed by atoms with van der Waals surface area (Å²) in [4.78, 5) is 49.4. The van der Waals surface area contributed by atoms with Crippen LogP contribution in [-0.4, -0.2) is 155 Å².